The highest BCUT2D eigenvalue weighted by molar-refractivity contribution is 5.82. The van der Waals surface area contributed by atoms with E-state index in [0.29, 0.717) is 13.2 Å². The maximum Gasteiger partial charge on any atom is 0.135 e. The van der Waals surface area contributed by atoms with Crippen LogP contribution in [0.2, 0.25) is 0 Å². The van der Waals surface area contributed by atoms with Crippen molar-refractivity contribution >= 4 is 5.71 Å². The van der Waals surface area contributed by atoms with Gasteiger partial charge in [0.2, 0.25) is 0 Å². The Morgan fingerprint density at radius 3 is 2.32 bits per heavy atom. The van der Waals surface area contributed by atoms with Crippen LogP contribution < -0.4 is 9.47 Å². The van der Waals surface area contributed by atoms with Crippen LogP contribution in [0.15, 0.2) is 72.4 Å². The van der Waals surface area contributed by atoms with Gasteiger partial charge in [0.15, 0.2) is 0 Å². The maximum atomic E-state index is 5.72. The first-order valence-corrected chi connectivity index (χ1v) is 7.00. The van der Waals surface area contributed by atoms with Crippen molar-refractivity contribution in [1.29, 1.82) is 0 Å². The van der Waals surface area contributed by atoms with Crippen LogP contribution in [-0.2, 0) is 4.84 Å². The third-order valence-corrected chi connectivity index (χ3v) is 2.66. The predicted molar refractivity (Wildman–Crippen MR) is 87.7 cm³/mol. The number of hydrogen-bond donors (Lipinski definition) is 0. The Bertz CT molecular complexity index is 606. The summed E-state index contributed by atoms with van der Waals surface area (Å²) in [6, 6.07) is 17.1. The fourth-order valence-electron chi connectivity index (χ4n) is 1.64. The molecule has 0 N–H and O–H groups in total. The van der Waals surface area contributed by atoms with Gasteiger partial charge in [0, 0.05) is 0 Å². The average Bonchev–Trinajstić information content (AvgIpc) is 2.55. The quantitative estimate of drug-likeness (QED) is 0.313. The Hall–Kier alpha value is -2.75. The summed E-state index contributed by atoms with van der Waals surface area (Å²) in [5.74, 6) is 2.32. The molecule has 2 aromatic rings. The molecule has 0 aliphatic heterocycles. The molecule has 114 valence electrons. The van der Waals surface area contributed by atoms with Crippen LogP contribution in [0.25, 0.3) is 0 Å². The van der Waals surface area contributed by atoms with E-state index in [0.717, 1.165) is 23.0 Å². The molecule has 0 aromatic heterocycles. The molecule has 2 rings (SSSR count). The summed E-state index contributed by atoms with van der Waals surface area (Å²) < 4.78 is 11.3. The minimum Gasteiger partial charge on any atom is -0.488 e. The molecular weight excluding hydrogens is 278 g/mol. The smallest absolute Gasteiger partial charge is 0.135 e. The van der Waals surface area contributed by atoms with Crippen LogP contribution in [0.4, 0.5) is 0 Å². The number of oxime groups is 1. The highest BCUT2D eigenvalue weighted by atomic mass is 16.6. The minimum absolute atomic E-state index is 0.371. The second kappa shape index (κ2) is 8.52. The summed E-state index contributed by atoms with van der Waals surface area (Å²) in [6.07, 6.45) is 1.64. The lowest BCUT2D eigenvalue weighted by molar-refractivity contribution is 0.172. The van der Waals surface area contributed by atoms with E-state index in [1.807, 2.05) is 61.5 Å². The second-order valence-corrected chi connectivity index (χ2v) is 4.59. The monoisotopic (exact) mass is 297 g/mol. The standard InChI is InChI=1S/C18H19NO3/c1-3-13-21-19-15(2)14-20-16-9-11-18(12-10-16)22-17-7-5-4-6-8-17/h3-12H,1,13-14H2,2H3. The summed E-state index contributed by atoms with van der Waals surface area (Å²) in [6.45, 7) is 6.16. The average molecular weight is 297 g/mol. The van der Waals surface area contributed by atoms with E-state index >= 15 is 0 Å². The van der Waals surface area contributed by atoms with Crippen molar-refractivity contribution < 1.29 is 14.3 Å². The normalized spacial score (nSPS) is 10.9. The molecule has 4 nitrogen and oxygen atoms in total. The molecule has 0 aliphatic rings. The van der Waals surface area contributed by atoms with Gasteiger partial charge in [-0.25, -0.2) is 0 Å². The Morgan fingerprint density at radius 2 is 1.64 bits per heavy atom. The van der Waals surface area contributed by atoms with Gasteiger partial charge >= 0.3 is 0 Å². The zero-order chi connectivity index (χ0) is 15.6. The molecule has 0 radical (unpaired) electrons. The molecule has 0 fully saturated rings. The molecule has 4 heteroatoms. The molecule has 0 saturated carbocycles. The zero-order valence-corrected chi connectivity index (χ0v) is 12.6. The maximum absolute atomic E-state index is 5.72. The Labute approximate surface area is 130 Å². The minimum atomic E-state index is 0.371. The van der Waals surface area contributed by atoms with Gasteiger partial charge in [0.05, 0.1) is 5.71 Å². The van der Waals surface area contributed by atoms with E-state index in [9.17, 15) is 0 Å². The third kappa shape index (κ3) is 5.32. The van der Waals surface area contributed by atoms with Gasteiger partial charge in [-0.1, -0.05) is 36.0 Å². The van der Waals surface area contributed by atoms with Crippen LogP contribution in [0.1, 0.15) is 6.92 Å². The number of nitrogens with zero attached hydrogens (tertiary/aromatic N) is 1. The van der Waals surface area contributed by atoms with E-state index in [2.05, 4.69) is 11.7 Å². The van der Waals surface area contributed by atoms with E-state index < -0.39 is 0 Å². The largest absolute Gasteiger partial charge is 0.488 e. The molecule has 22 heavy (non-hydrogen) atoms. The van der Waals surface area contributed by atoms with E-state index in [1.54, 1.807) is 6.08 Å². The Morgan fingerprint density at radius 1 is 1.00 bits per heavy atom. The fraction of sp³-hybridized carbons (Fsp3) is 0.167. The summed E-state index contributed by atoms with van der Waals surface area (Å²) in [7, 11) is 0. The molecule has 0 aliphatic carbocycles. The van der Waals surface area contributed by atoms with E-state index in [-0.39, 0.29) is 0 Å². The molecular formula is C18H19NO3. The van der Waals surface area contributed by atoms with Crippen LogP contribution in [0.5, 0.6) is 17.2 Å². The SMILES string of the molecule is C=CCON=C(C)COc1ccc(Oc2ccccc2)cc1. The van der Waals surface area contributed by atoms with Crippen molar-refractivity contribution in [2.45, 2.75) is 6.92 Å². The number of ether oxygens (including phenoxy) is 2. The van der Waals surface area contributed by atoms with Crippen molar-refractivity contribution in [3.63, 3.8) is 0 Å². The summed E-state index contributed by atoms with van der Waals surface area (Å²) in [5.41, 5.74) is 0.756. The highest BCUT2D eigenvalue weighted by Gasteiger charge is 1.99. The lowest BCUT2D eigenvalue weighted by atomic mass is 10.3. The molecule has 0 amide bonds. The van der Waals surface area contributed by atoms with Crippen LogP contribution >= 0.6 is 0 Å². The van der Waals surface area contributed by atoms with Gasteiger partial charge in [-0.05, 0) is 43.3 Å². The van der Waals surface area contributed by atoms with Crippen molar-refractivity contribution in [2.24, 2.45) is 5.16 Å². The van der Waals surface area contributed by atoms with Crippen molar-refractivity contribution in [1.82, 2.24) is 0 Å². The molecule has 0 spiro atoms. The number of benzene rings is 2. The second-order valence-electron chi connectivity index (χ2n) is 4.59. The lowest BCUT2D eigenvalue weighted by Crippen LogP contribution is -2.08. The van der Waals surface area contributed by atoms with Gasteiger partial charge in [-0.2, -0.15) is 0 Å². The van der Waals surface area contributed by atoms with E-state index in [4.69, 9.17) is 14.3 Å². The number of hydrogen-bond acceptors (Lipinski definition) is 4. The Balaban J connectivity index is 1.84. The molecule has 2 aromatic carbocycles. The van der Waals surface area contributed by atoms with Gasteiger partial charge in [0.1, 0.15) is 30.5 Å². The third-order valence-electron chi connectivity index (χ3n) is 2.66. The van der Waals surface area contributed by atoms with Crippen molar-refractivity contribution in [3.8, 4) is 17.2 Å². The summed E-state index contributed by atoms with van der Waals surface area (Å²) in [4.78, 5) is 4.99. The van der Waals surface area contributed by atoms with Crippen LogP contribution in [0.3, 0.4) is 0 Å². The molecule has 0 unspecified atom stereocenters. The summed E-state index contributed by atoms with van der Waals surface area (Å²) in [5, 5.41) is 3.90. The summed E-state index contributed by atoms with van der Waals surface area (Å²) >= 11 is 0. The van der Waals surface area contributed by atoms with Gasteiger partial charge in [-0.15, -0.1) is 0 Å². The van der Waals surface area contributed by atoms with Crippen molar-refractivity contribution in [2.75, 3.05) is 13.2 Å². The predicted octanol–water partition coefficient (Wildman–Crippen LogP) is 4.44. The van der Waals surface area contributed by atoms with Crippen molar-refractivity contribution in [3.05, 3.63) is 67.3 Å². The fourth-order valence-corrected chi connectivity index (χ4v) is 1.64. The van der Waals surface area contributed by atoms with E-state index in [1.165, 1.54) is 0 Å². The lowest BCUT2D eigenvalue weighted by Gasteiger charge is -2.08. The van der Waals surface area contributed by atoms with Gasteiger partial charge in [-0.3, -0.25) is 0 Å². The Kier molecular flexibility index (Phi) is 6.05. The zero-order valence-electron chi connectivity index (χ0n) is 12.6. The topological polar surface area (TPSA) is 40.0 Å². The molecule has 0 bridgehead atoms. The first-order valence-electron chi connectivity index (χ1n) is 7.00. The van der Waals surface area contributed by atoms with Gasteiger partial charge < -0.3 is 14.3 Å². The van der Waals surface area contributed by atoms with Crippen LogP contribution in [-0.4, -0.2) is 18.9 Å². The number of rotatable bonds is 8. The van der Waals surface area contributed by atoms with Gasteiger partial charge in [0.25, 0.3) is 0 Å². The number of para-hydroxylation sites is 1. The first kappa shape index (κ1) is 15.6. The first-order chi connectivity index (χ1) is 10.8. The molecule has 0 atom stereocenters. The molecule has 0 heterocycles. The highest BCUT2D eigenvalue weighted by Crippen LogP contribution is 2.23. The van der Waals surface area contributed by atoms with Crippen LogP contribution in [0, 0.1) is 0 Å². The molecule has 0 saturated heterocycles.